The molecule has 1 N–H and O–H groups in total. The first-order chi connectivity index (χ1) is 13.0. The Hall–Kier alpha value is -3.17. The molecule has 27 heavy (non-hydrogen) atoms. The van der Waals surface area contributed by atoms with Gasteiger partial charge in [-0.15, -0.1) is 0 Å². The number of hydrogen-bond donors (Lipinski definition) is 1. The molecule has 2 aromatic rings. The molecule has 0 fully saturated rings. The molecule has 0 aliphatic carbocycles. The summed E-state index contributed by atoms with van der Waals surface area (Å²) in [6, 6.07) is 20.0. The van der Waals surface area contributed by atoms with E-state index in [-0.39, 0.29) is 24.8 Å². The Morgan fingerprint density at radius 3 is 2.26 bits per heavy atom. The molecule has 1 atom stereocenters. The van der Waals surface area contributed by atoms with Crippen LogP contribution in [0.25, 0.3) is 0 Å². The van der Waals surface area contributed by atoms with Gasteiger partial charge >= 0.3 is 0 Å². The summed E-state index contributed by atoms with van der Waals surface area (Å²) in [6.07, 6.45) is 0.242. The Balaban J connectivity index is 2.02. The summed E-state index contributed by atoms with van der Waals surface area (Å²) in [4.78, 5) is 28.5. The largest absolute Gasteiger partial charge is 0.325 e. The molecule has 2 amide bonds. The number of benzene rings is 2. The van der Waals surface area contributed by atoms with E-state index in [1.165, 1.54) is 0 Å². The molecular weight excluding hydrogens is 340 g/mol. The number of anilines is 2. The smallest absolute Gasteiger partial charge is 0.244 e. The zero-order valence-corrected chi connectivity index (χ0v) is 15.6. The van der Waals surface area contributed by atoms with Gasteiger partial charge in [0.1, 0.15) is 0 Å². The van der Waals surface area contributed by atoms with Crippen LogP contribution in [-0.2, 0) is 9.59 Å². The van der Waals surface area contributed by atoms with Crippen molar-refractivity contribution in [3.05, 3.63) is 60.7 Å². The molecule has 0 saturated carbocycles. The van der Waals surface area contributed by atoms with Gasteiger partial charge in [-0.1, -0.05) is 36.4 Å². The molecule has 0 heterocycles. The van der Waals surface area contributed by atoms with Crippen LogP contribution in [0.15, 0.2) is 60.7 Å². The Labute approximate surface area is 160 Å². The second-order valence-corrected chi connectivity index (χ2v) is 6.24. The molecule has 0 aliphatic heterocycles. The fourth-order valence-electron chi connectivity index (χ4n) is 2.64. The van der Waals surface area contributed by atoms with Gasteiger partial charge in [0.15, 0.2) is 0 Å². The lowest BCUT2D eigenvalue weighted by Crippen LogP contribution is -2.48. The second kappa shape index (κ2) is 10.1. The third-order valence-electron chi connectivity index (χ3n) is 4.25. The summed E-state index contributed by atoms with van der Waals surface area (Å²) >= 11 is 0. The lowest BCUT2D eigenvalue weighted by Gasteiger charge is -2.30. The summed E-state index contributed by atoms with van der Waals surface area (Å²) in [5, 5.41) is 11.7. The van der Waals surface area contributed by atoms with Crippen LogP contribution in [0.3, 0.4) is 0 Å². The molecular formula is C21H24N4O2. The first-order valence-corrected chi connectivity index (χ1v) is 8.81. The minimum atomic E-state index is -0.509. The van der Waals surface area contributed by atoms with Gasteiger partial charge in [0.2, 0.25) is 11.8 Å². The average Bonchev–Trinajstić information content (AvgIpc) is 2.69. The zero-order chi connectivity index (χ0) is 19.6. The number of amides is 2. The highest BCUT2D eigenvalue weighted by Crippen LogP contribution is 2.16. The van der Waals surface area contributed by atoms with Gasteiger partial charge in [-0.05, 0) is 38.2 Å². The molecule has 6 nitrogen and oxygen atoms in total. The summed E-state index contributed by atoms with van der Waals surface area (Å²) in [5.41, 5.74) is 1.46. The van der Waals surface area contributed by atoms with E-state index < -0.39 is 6.04 Å². The maximum Gasteiger partial charge on any atom is 0.244 e. The van der Waals surface area contributed by atoms with Crippen molar-refractivity contribution in [2.24, 2.45) is 0 Å². The molecule has 0 aliphatic rings. The van der Waals surface area contributed by atoms with E-state index in [1.807, 2.05) is 60.7 Å². The number of para-hydroxylation sites is 2. The molecule has 140 valence electrons. The van der Waals surface area contributed by atoms with Crippen LogP contribution < -0.4 is 10.2 Å². The molecule has 1 unspecified atom stereocenters. The van der Waals surface area contributed by atoms with Gasteiger partial charge in [-0.3, -0.25) is 14.5 Å². The fourth-order valence-corrected chi connectivity index (χ4v) is 2.64. The van der Waals surface area contributed by atoms with Crippen molar-refractivity contribution in [3.63, 3.8) is 0 Å². The molecule has 0 aromatic heterocycles. The predicted octanol–water partition coefficient (Wildman–Crippen LogP) is 2.89. The zero-order valence-electron chi connectivity index (χ0n) is 15.6. The Bertz CT molecular complexity index is 787. The van der Waals surface area contributed by atoms with Crippen molar-refractivity contribution in [2.75, 3.05) is 30.4 Å². The molecule has 0 bridgehead atoms. The van der Waals surface area contributed by atoms with Crippen LogP contribution in [0.1, 0.15) is 13.3 Å². The van der Waals surface area contributed by atoms with E-state index >= 15 is 0 Å². The number of nitrogens with one attached hydrogen (secondary N) is 1. The monoisotopic (exact) mass is 364 g/mol. The number of hydrogen-bond acceptors (Lipinski definition) is 4. The summed E-state index contributed by atoms with van der Waals surface area (Å²) in [6.45, 7) is 2.16. The lowest BCUT2D eigenvalue weighted by molar-refractivity contribution is -0.124. The predicted molar refractivity (Wildman–Crippen MR) is 106 cm³/mol. The summed E-state index contributed by atoms with van der Waals surface area (Å²) in [7, 11) is 1.74. The van der Waals surface area contributed by atoms with Crippen LogP contribution in [0.2, 0.25) is 0 Å². The minimum Gasteiger partial charge on any atom is -0.325 e. The van der Waals surface area contributed by atoms with Gasteiger partial charge < -0.3 is 10.2 Å². The van der Waals surface area contributed by atoms with Crippen molar-refractivity contribution in [1.82, 2.24) is 4.90 Å². The number of rotatable bonds is 8. The number of carbonyl (C=O) groups is 2. The van der Waals surface area contributed by atoms with Gasteiger partial charge in [0, 0.05) is 17.9 Å². The van der Waals surface area contributed by atoms with Gasteiger partial charge in [-0.25, -0.2) is 0 Å². The molecule has 2 rings (SSSR count). The first-order valence-electron chi connectivity index (χ1n) is 8.81. The van der Waals surface area contributed by atoms with Crippen LogP contribution in [0.4, 0.5) is 11.4 Å². The standard InChI is InChI=1S/C21H24N4O2/c1-17(24(2)16-20(26)23-18-10-5-3-6-11-18)21(27)25(15-9-14-22)19-12-7-4-8-13-19/h3-8,10-13,17H,9,15-16H2,1-2H3,(H,23,26). The van der Waals surface area contributed by atoms with Gasteiger partial charge in [0.25, 0.3) is 0 Å². The first kappa shape index (κ1) is 20.1. The maximum absolute atomic E-state index is 13.0. The van der Waals surface area contributed by atoms with E-state index in [1.54, 1.807) is 23.8 Å². The Morgan fingerprint density at radius 2 is 1.67 bits per heavy atom. The van der Waals surface area contributed by atoms with Gasteiger partial charge in [-0.2, -0.15) is 5.26 Å². The molecule has 0 radical (unpaired) electrons. The van der Waals surface area contributed by atoms with E-state index in [4.69, 9.17) is 5.26 Å². The highest BCUT2D eigenvalue weighted by molar-refractivity contribution is 5.98. The van der Waals surface area contributed by atoms with Crippen molar-refractivity contribution in [2.45, 2.75) is 19.4 Å². The Morgan fingerprint density at radius 1 is 1.07 bits per heavy atom. The SMILES string of the molecule is CC(C(=O)N(CCC#N)c1ccccc1)N(C)CC(=O)Nc1ccccc1. The van der Waals surface area contributed by atoms with Crippen molar-refractivity contribution in [1.29, 1.82) is 5.26 Å². The molecule has 2 aromatic carbocycles. The van der Waals surface area contributed by atoms with Gasteiger partial charge in [0.05, 0.1) is 25.1 Å². The average molecular weight is 364 g/mol. The topological polar surface area (TPSA) is 76.4 Å². The number of likely N-dealkylation sites (N-methyl/N-ethyl adjacent to an activating group) is 1. The fraction of sp³-hybridized carbons (Fsp3) is 0.286. The van der Waals surface area contributed by atoms with E-state index in [2.05, 4.69) is 11.4 Å². The minimum absolute atomic E-state index is 0.0860. The maximum atomic E-state index is 13.0. The normalized spacial score (nSPS) is 11.5. The third kappa shape index (κ3) is 5.94. The Kier molecular flexibility index (Phi) is 7.53. The molecule has 0 saturated heterocycles. The van der Waals surface area contributed by atoms with Crippen LogP contribution in [0, 0.1) is 11.3 Å². The molecule has 0 spiro atoms. The number of nitrogens with zero attached hydrogens (tertiary/aromatic N) is 3. The lowest BCUT2D eigenvalue weighted by atomic mass is 10.2. The summed E-state index contributed by atoms with van der Waals surface area (Å²) < 4.78 is 0. The quantitative estimate of drug-likeness (QED) is 0.781. The number of nitriles is 1. The highest BCUT2D eigenvalue weighted by atomic mass is 16.2. The van der Waals surface area contributed by atoms with Crippen LogP contribution >= 0.6 is 0 Å². The van der Waals surface area contributed by atoms with E-state index in [0.29, 0.717) is 6.54 Å². The summed E-state index contributed by atoms with van der Waals surface area (Å²) in [5.74, 6) is -0.335. The number of carbonyl (C=O) groups excluding carboxylic acids is 2. The van der Waals surface area contributed by atoms with Crippen molar-refractivity contribution >= 4 is 23.2 Å². The van der Waals surface area contributed by atoms with E-state index in [0.717, 1.165) is 11.4 Å². The van der Waals surface area contributed by atoms with E-state index in [9.17, 15) is 9.59 Å². The highest BCUT2D eigenvalue weighted by Gasteiger charge is 2.26. The van der Waals surface area contributed by atoms with Crippen LogP contribution in [-0.4, -0.2) is 42.9 Å². The van der Waals surface area contributed by atoms with Crippen LogP contribution in [0.5, 0.6) is 0 Å². The molecule has 6 heteroatoms. The third-order valence-corrected chi connectivity index (χ3v) is 4.25. The van der Waals surface area contributed by atoms with Crippen molar-refractivity contribution in [3.8, 4) is 6.07 Å². The second-order valence-electron chi connectivity index (χ2n) is 6.24. The van der Waals surface area contributed by atoms with Crippen molar-refractivity contribution < 1.29 is 9.59 Å².